The Morgan fingerprint density at radius 1 is 0.422 bits per heavy atom. The second-order valence-electron chi connectivity index (χ2n) is 19.7. The molecule has 0 fully saturated rings. The largest absolute Gasteiger partial charge is 0.496 e. The minimum absolute atomic E-state index is 0.0923. The van der Waals surface area contributed by atoms with Crippen LogP contribution in [0.4, 0.5) is 13.2 Å². The van der Waals surface area contributed by atoms with Crippen LogP contribution in [0.1, 0.15) is 70.4 Å². The van der Waals surface area contributed by atoms with E-state index < -0.39 is 5.82 Å². The summed E-state index contributed by atoms with van der Waals surface area (Å²) >= 11 is 0. The van der Waals surface area contributed by atoms with Gasteiger partial charge in [0.2, 0.25) is 17.6 Å². The first kappa shape index (κ1) is 56.4. The van der Waals surface area contributed by atoms with Crippen molar-refractivity contribution in [1.82, 2.24) is 44.0 Å². The van der Waals surface area contributed by atoms with Crippen molar-refractivity contribution in [3.8, 4) is 29.1 Å². The Hall–Kier alpha value is -9.85. The van der Waals surface area contributed by atoms with Crippen molar-refractivity contribution < 1.29 is 51.2 Å². The smallest absolute Gasteiger partial charge is 0.272 e. The van der Waals surface area contributed by atoms with E-state index in [9.17, 15) is 27.6 Å². The third kappa shape index (κ3) is 13.8. The van der Waals surface area contributed by atoms with E-state index in [1.165, 1.54) is 38.5 Å². The Labute approximate surface area is 477 Å². The van der Waals surface area contributed by atoms with Crippen LogP contribution in [0, 0.1) is 24.4 Å². The number of rotatable bonds is 17. The van der Waals surface area contributed by atoms with E-state index in [-0.39, 0.29) is 42.4 Å². The molecule has 3 amide bonds. The maximum atomic E-state index is 14.2. The van der Waals surface area contributed by atoms with Crippen LogP contribution >= 0.6 is 0 Å². The predicted molar refractivity (Wildman–Crippen MR) is 300 cm³/mol. The molecule has 12 rings (SSSR count). The summed E-state index contributed by atoms with van der Waals surface area (Å²) in [5.74, 6) is 0.793. The number of aryl methyl sites for hydroxylation is 1. The van der Waals surface area contributed by atoms with Gasteiger partial charge in [0.15, 0.2) is 0 Å². The maximum Gasteiger partial charge on any atom is 0.272 e. The summed E-state index contributed by atoms with van der Waals surface area (Å²) in [6.45, 7) is 6.90. The Morgan fingerprint density at radius 3 is 1.31 bits per heavy atom. The van der Waals surface area contributed by atoms with E-state index in [1.54, 1.807) is 84.2 Å². The van der Waals surface area contributed by atoms with Gasteiger partial charge in [-0.15, -0.1) is 15.3 Å². The number of hydrogen-bond donors (Lipinski definition) is 0. The lowest BCUT2D eigenvalue weighted by Crippen LogP contribution is -2.40. The molecule has 3 aliphatic rings. The predicted octanol–water partition coefficient (Wildman–Crippen LogP) is 10.1. The molecule has 0 N–H and O–H groups in total. The van der Waals surface area contributed by atoms with E-state index in [1.807, 2.05) is 91.0 Å². The van der Waals surface area contributed by atoms with Gasteiger partial charge in [-0.2, -0.15) is 0 Å². The number of carbonyl (C=O) groups is 3. The average molecular weight is 1130 g/mol. The second kappa shape index (κ2) is 26.2. The molecule has 0 atom stereocenters. The number of methoxy groups -OCH3 is 2. The monoisotopic (exact) mass is 1130 g/mol. The van der Waals surface area contributed by atoms with Crippen LogP contribution in [-0.4, -0.2) is 95.6 Å². The first-order valence-corrected chi connectivity index (χ1v) is 26.9. The van der Waals surface area contributed by atoms with Crippen molar-refractivity contribution in [3.05, 3.63) is 237 Å². The molecule has 426 valence electrons. The molecule has 0 unspecified atom stereocenters. The number of halogens is 3. The molecule has 6 aromatic carbocycles. The summed E-state index contributed by atoms with van der Waals surface area (Å²) in [7, 11) is 3.02. The molecule has 0 bridgehead atoms. The number of ether oxygens (including phenoxy) is 5. The fourth-order valence-corrected chi connectivity index (χ4v) is 9.68. The Kier molecular flexibility index (Phi) is 17.8. The molecule has 17 nitrogen and oxygen atoms in total. The highest BCUT2D eigenvalue weighted by atomic mass is 19.1. The molecule has 0 radical (unpaired) electrons. The third-order valence-electron chi connectivity index (χ3n) is 14.1. The fraction of sp³-hybridized carbons (Fsp3) is 0.238. The molecular weight excluding hydrogens is 1070 g/mol. The van der Waals surface area contributed by atoms with Crippen LogP contribution in [0.2, 0.25) is 0 Å². The Bertz CT molecular complexity index is 3710. The van der Waals surface area contributed by atoms with Gasteiger partial charge in [0.05, 0.1) is 40.4 Å². The number of carbonyl (C=O) groups excluding carboxylic acids is 3. The zero-order valence-corrected chi connectivity index (χ0v) is 46.0. The molecule has 0 saturated heterocycles. The summed E-state index contributed by atoms with van der Waals surface area (Å²) in [5.41, 5.74) is 7.00. The average Bonchev–Trinajstić information content (AvgIpc) is 4.47. The molecule has 0 saturated carbocycles. The zero-order chi connectivity index (χ0) is 57.8. The highest BCUT2D eigenvalue weighted by molar-refractivity contribution is 5.94. The highest BCUT2D eigenvalue weighted by Gasteiger charge is 2.31. The lowest BCUT2D eigenvalue weighted by atomic mass is 10.1. The lowest BCUT2D eigenvalue weighted by molar-refractivity contribution is 0.0673. The summed E-state index contributed by atoms with van der Waals surface area (Å²) in [6, 6.07) is 48.2. The molecule has 3 aliphatic heterocycles. The molecule has 3 aromatic heterocycles. The molecule has 0 spiro atoms. The Morgan fingerprint density at radius 2 is 0.867 bits per heavy atom. The maximum absolute atomic E-state index is 14.2. The van der Waals surface area contributed by atoms with E-state index in [2.05, 4.69) is 15.3 Å². The van der Waals surface area contributed by atoms with Crippen LogP contribution in [0.15, 0.2) is 164 Å². The highest BCUT2D eigenvalue weighted by Crippen LogP contribution is 2.28. The topological polar surface area (TPSA) is 161 Å². The molecular formula is C63H60F3N9O8. The van der Waals surface area contributed by atoms with Gasteiger partial charge >= 0.3 is 0 Å². The van der Waals surface area contributed by atoms with Crippen molar-refractivity contribution in [2.75, 3.05) is 33.9 Å². The summed E-state index contributed by atoms with van der Waals surface area (Å²) in [5, 5.41) is 13.1. The Balaban J connectivity index is 0.000000139. The van der Waals surface area contributed by atoms with Crippen molar-refractivity contribution in [3.63, 3.8) is 0 Å². The molecule has 83 heavy (non-hydrogen) atoms. The van der Waals surface area contributed by atoms with Crippen LogP contribution < -0.4 is 23.7 Å². The molecule has 0 aliphatic carbocycles. The number of hydrogen-bond acceptors (Lipinski definition) is 11. The van der Waals surface area contributed by atoms with E-state index in [0.717, 1.165) is 22.3 Å². The SMILES string of the molecule is COc1ccc(F)cc1CN1CCn2nc(OCc3ccccc3)cc2C1=O.COc1cccc(F)c1CN1CCn2nc(OCc3ccccc3)cc2C1=O.Cc1cc(CN2CCn3nc(OCc4ccccc4)cc3C2=O)ccc1F. The molecule has 20 heteroatoms. The van der Waals surface area contributed by atoms with E-state index >= 15 is 0 Å². The van der Waals surface area contributed by atoms with Gasteiger partial charge in [0.1, 0.15) is 65.9 Å². The van der Waals surface area contributed by atoms with Gasteiger partial charge in [0.25, 0.3) is 17.7 Å². The summed E-state index contributed by atoms with van der Waals surface area (Å²) in [4.78, 5) is 43.5. The number of fused-ring (bicyclic) bond motifs is 3. The van der Waals surface area contributed by atoms with Crippen LogP contribution in [0.25, 0.3) is 0 Å². The minimum atomic E-state index is -0.391. The molecule has 6 heterocycles. The number of amides is 3. The van der Waals surface area contributed by atoms with Gasteiger partial charge in [0, 0.05) is 62.0 Å². The van der Waals surface area contributed by atoms with Crippen LogP contribution in [0.3, 0.4) is 0 Å². The van der Waals surface area contributed by atoms with Gasteiger partial charge in [-0.25, -0.2) is 13.2 Å². The van der Waals surface area contributed by atoms with Crippen molar-refractivity contribution >= 4 is 17.7 Å². The van der Waals surface area contributed by atoms with Gasteiger partial charge in [-0.05, 0) is 71.1 Å². The number of aromatic nitrogens is 6. The van der Waals surface area contributed by atoms with Crippen LogP contribution in [-0.2, 0) is 59.1 Å². The molecule has 9 aromatic rings. The minimum Gasteiger partial charge on any atom is -0.496 e. The van der Waals surface area contributed by atoms with Crippen molar-refractivity contribution in [2.24, 2.45) is 0 Å². The third-order valence-corrected chi connectivity index (χ3v) is 14.1. The quantitative estimate of drug-likeness (QED) is 0.0854. The van der Waals surface area contributed by atoms with Gasteiger partial charge < -0.3 is 38.4 Å². The van der Waals surface area contributed by atoms with E-state index in [4.69, 9.17) is 23.7 Å². The standard InChI is InChI=1S/2C21H20FN3O3.C21H20FN3O2/c1-27-19-9-5-8-17(22)16(19)13-24-10-11-25-18(21(24)26)12-20(23-25)28-14-15-6-3-2-4-7-15;1-27-19-8-7-17(22)11-16(19)13-24-9-10-25-18(21(24)26)12-20(23-25)28-14-15-5-3-2-4-6-15;1-15-11-17(7-8-18(15)22)13-24-9-10-25-19(21(24)26)12-20(23-25)27-14-16-5-3-2-4-6-16/h2-9,12H,10-11,13-14H2,1H3;2-8,11-12H,9-10,13-14H2,1H3;2-8,11-12H,9-10,13-14H2,1H3. The summed E-state index contributed by atoms with van der Waals surface area (Å²) < 4.78 is 74.0. The normalized spacial score (nSPS) is 13.4. The second-order valence-corrected chi connectivity index (χ2v) is 19.7. The lowest BCUT2D eigenvalue weighted by Gasteiger charge is -2.28. The summed E-state index contributed by atoms with van der Waals surface area (Å²) in [6.07, 6.45) is 0. The first-order valence-electron chi connectivity index (χ1n) is 26.9. The first-order chi connectivity index (χ1) is 40.4. The number of nitrogens with zero attached hydrogens (tertiary/aromatic N) is 9. The van der Waals surface area contributed by atoms with Crippen LogP contribution in [0.5, 0.6) is 29.1 Å². The van der Waals surface area contributed by atoms with Gasteiger partial charge in [-0.3, -0.25) is 28.4 Å². The van der Waals surface area contributed by atoms with Crippen molar-refractivity contribution in [2.45, 2.75) is 66.0 Å². The van der Waals surface area contributed by atoms with Gasteiger partial charge in [-0.1, -0.05) is 109 Å². The van der Waals surface area contributed by atoms with Crippen molar-refractivity contribution in [1.29, 1.82) is 0 Å². The van der Waals surface area contributed by atoms with E-state index in [0.29, 0.717) is 129 Å². The number of benzene rings is 6. The fourth-order valence-electron chi connectivity index (χ4n) is 9.68. The zero-order valence-electron chi connectivity index (χ0n) is 46.0.